The van der Waals surface area contributed by atoms with Crippen LogP contribution < -0.4 is 10.6 Å². The molecule has 2 heterocycles. The van der Waals surface area contributed by atoms with Gasteiger partial charge in [0.2, 0.25) is 0 Å². The number of rotatable bonds is 4. The summed E-state index contributed by atoms with van der Waals surface area (Å²) in [6.07, 6.45) is 3.37. The van der Waals surface area contributed by atoms with Crippen molar-refractivity contribution < 1.29 is 14.3 Å². The van der Waals surface area contributed by atoms with E-state index >= 15 is 0 Å². The van der Waals surface area contributed by atoms with Gasteiger partial charge in [0.25, 0.3) is 0 Å². The fourth-order valence-corrected chi connectivity index (χ4v) is 3.00. The fourth-order valence-electron chi connectivity index (χ4n) is 3.00. The van der Waals surface area contributed by atoms with Crippen LogP contribution >= 0.6 is 0 Å². The lowest BCUT2D eigenvalue weighted by atomic mass is 9.97. The molecule has 0 fully saturated rings. The lowest BCUT2D eigenvalue weighted by Crippen LogP contribution is -2.53. The van der Waals surface area contributed by atoms with Crippen molar-refractivity contribution >= 4 is 17.3 Å². The molecule has 2 atom stereocenters. The van der Waals surface area contributed by atoms with Crippen LogP contribution in [0.15, 0.2) is 48.8 Å². The highest BCUT2D eigenvalue weighted by Gasteiger charge is 2.53. The number of pyridine rings is 1. The van der Waals surface area contributed by atoms with Gasteiger partial charge in [-0.15, -0.1) is 0 Å². The highest BCUT2D eigenvalue weighted by atomic mass is 16.6. The van der Waals surface area contributed by atoms with E-state index in [0.29, 0.717) is 0 Å². The molecule has 6 heteroatoms. The predicted molar refractivity (Wildman–Crippen MR) is 96.2 cm³/mol. The SMILES string of the molecule is COC1(Nc2ccncc2)c2ccccc2NC1C(=O)OC(C)(C)C. The largest absolute Gasteiger partial charge is 0.458 e. The van der Waals surface area contributed by atoms with Crippen molar-refractivity contribution in [2.24, 2.45) is 0 Å². The number of benzene rings is 1. The molecule has 0 spiro atoms. The van der Waals surface area contributed by atoms with Crippen LogP contribution in [0, 0.1) is 0 Å². The number of anilines is 2. The first-order chi connectivity index (χ1) is 11.9. The highest BCUT2D eigenvalue weighted by molar-refractivity contribution is 5.86. The van der Waals surface area contributed by atoms with E-state index in [1.165, 1.54) is 0 Å². The molecule has 0 saturated carbocycles. The first-order valence-electron chi connectivity index (χ1n) is 8.18. The number of aromatic nitrogens is 1. The number of carbonyl (C=O) groups is 1. The molecular formula is C19H23N3O3. The lowest BCUT2D eigenvalue weighted by molar-refractivity contribution is -0.162. The minimum absolute atomic E-state index is 0.382. The summed E-state index contributed by atoms with van der Waals surface area (Å²) in [5.41, 5.74) is 0.806. The van der Waals surface area contributed by atoms with Crippen molar-refractivity contribution in [2.75, 3.05) is 17.7 Å². The molecule has 1 aliphatic heterocycles. The number of nitrogens with one attached hydrogen (secondary N) is 2. The van der Waals surface area contributed by atoms with E-state index in [-0.39, 0.29) is 5.97 Å². The van der Waals surface area contributed by atoms with Gasteiger partial charge < -0.3 is 20.1 Å². The van der Waals surface area contributed by atoms with Crippen LogP contribution in [0.5, 0.6) is 0 Å². The van der Waals surface area contributed by atoms with Gasteiger partial charge in [0.15, 0.2) is 11.8 Å². The van der Waals surface area contributed by atoms with Gasteiger partial charge in [0, 0.05) is 36.4 Å². The zero-order valence-corrected chi connectivity index (χ0v) is 14.9. The fraction of sp³-hybridized carbons (Fsp3) is 0.368. The molecular weight excluding hydrogens is 318 g/mol. The van der Waals surface area contributed by atoms with E-state index in [2.05, 4.69) is 15.6 Å². The maximum Gasteiger partial charge on any atom is 0.334 e. The van der Waals surface area contributed by atoms with Gasteiger partial charge in [-0.2, -0.15) is 0 Å². The van der Waals surface area contributed by atoms with Crippen LogP contribution in [-0.4, -0.2) is 29.7 Å². The number of ether oxygens (including phenoxy) is 2. The number of hydrogen-bond acceptors (Lipinski definition) is 6. The number of esters is 1. The van der Waals surface area contributed by atoms with Crippen molar-refractivity contribution in [3.63, 3.8) is 0 Å². The molecule has 1 aromatic carbocycles. The number of nitrogens with zero attached hydrogens (tertiary/aromatic N) is 1. The normalized spacial score (nSPS) is 22.0. The Morgan fingerprint density at radius 3 is 2.52 bits per heavy atom. The molecule has 0 saturated heterocycles. The molecule has 25 heavy (non-hydrogen) atoms. The van der Waals surface area contributed by atoms with Crippen LogP contribution in [0.25, 0.3) is 0 Å². The van der Waals surface area contributed by atoms with Crippen molar-refractivity contribution in [1.29, 1.82) is 0 Å². The third-order valence-electron chi connectivity index (χ3n) is 4.01. The lowest BCUT2D eigenvalue weighted by Gasteiger charge is -2.36. The Bertz CT molecular complexity index is 758. The average molecular weight is 341 g/mol. The zero-order valence-electron chi connectivity index (χ0n) is 14.9. The number of para-hydroxylation sites is 1. The van der Waals surface area contributed by atoms with E-state index in [1.807, 2.05) is 57.2 Å². The summed E-state index contributed by atoms with van der Waals surface area (Å²) in [5.74, 6) is -0.382. The third-order valence-corrected chi connectivity index (χ3v) is 4.01. The third kappa shape index (κ3) is 3.30. The summed E-state index contributed by atoms with van der Waals surface area (Å²) in [7, 11) is 1.58. The molecule has 1 aliphatic rings. The maximum absolute atomic E-state index is 12.9. The minimum atomic E-state index is -1.08. The number of fused-ring (bicyclic) bond motifs is 1. The molecule has 6 nitrogen and oxygen atoms in total. The Balaban J connectivity index is 2.03. The first kappa shape index (κ1) is 17.2. The van der Waals surface area contributed by atoms with Gasteiger partial charge >= 0.3 is 5.97 Å². The number of carbonyl (C=O) groups excluding carboxylic acids is 1. The second kappa shape index (κ2) is 6.37. The molecule has 3 rings (SSSR count). The van der Waals surface area contributed by atoms with Gasteiger partial charge in [0.1, 0.15) is 5.60 Å². The van der Waals surface area contributed by atoms with Crippen LogP contribution in [0.2, 0.25) is 0 Å². The van der Waals surface area contributed by atoms with E-state index in [9.17, 15) is 4.79 Å². The summed E-state index contributed by atoms with van der Waals surface area (Å²) in [6.45, 7) is 5.54. The number of hydrogen-bond donors (Lipinski definition) is 2. The Morgan fingerprint density at radius 2 is 1.88 bits per heavy atom. The van der Waals surface area contributed by atoms with Gasteiger partial charge in [-0.1, -0.05) is 18.2 Å². The smallest absolute Gasteiger partial charge is 0.334 e. The number of methoxy groups -OCH3 is 1. The van der Waals surface area contributed by atoms with Crippen LogP contribution in [0.1, 0.15) is 26.3 Å². The molecule has 0 aliphatic carbocycles. The molecule has 132 valence electrons. The highest BCUT2D eigenvalue weighted by Crippen LogP contribution is 2.43. The molecule has 2 unspecified atom stereocenters. The van der Waals surface area contributed by atoms with Gasteiger partial charge in [-0.25, -0.2) is 4.79 Å². The first-order valence-corrected chi connectivity index (χ1v) is 8.18. The second-order valence-electron chi connectivity index (χ2n) is 6.96. The Morgan fingerprint density at radius 1 is 1.20 bits per heavy atom. The van der Waals surface area contributed by atoms with Gasteiger partial charge in [-0.05, 0) is 39.0 Å². The van der Waals surface area contributed by atoms with E-state index < -0.39 is 17.4 Å². The van der Waals surface area contributed by atoms with E-state index in [4.69, 9.17) is 9.47 Å². The second-order valence-corrected chi connectivity index (χ2v) is 6.96. The van der Waals surface area contributed by atoms with Crippen LogP contribution in [0.4, 0.5) is 11.4 Å². The predicted octanol–water partition coefficient (Wildman–Crippen LogP) is 3.13. The molecule has 2 aromatic rings. The van der Waals surface area contributed by atoms with Crippen molar-refractivity contribution in [2.45, 2.75) is 38.1 Å². The maximum atomic E-state index is 12.9. The minimum Gasteiger partial charge on any atom is -0.458 e. The molecule has 0 amide bonds. The van der Waals surface area contributed by atoms with Crippen molar-refractivity contribution in [3.8, 4) is 0 Å². The van der Waals surface area contributed by atoms with Crippen molar-refractivity contribution in [1.82, 2.24) is 4.98 Å². The Labute approximate surface area is 147 Å². The Kier molecular flexibility index (Phi) is 4.39. The molecule has 0 bridgehead atoms. The van der Waals surface area contributed by atoms with Gasteiger partial charge in [0.05, 0.1) is 0 Å². The molecule has 1 aromatic heterocycles. The van der Waals surface area contributed by atoms with E-state index in [1.54, 1.807) is 19.5 Å². The summed E-state index contributed by atoms with van der Waals surface area (Å²) >= 11 is 0. The van der Waals surface area contributed by atoms with Crippen LogP contribution in [0.3, 0.4) is 0 Å². The molecule has 0 radical (unpaired) electrons. The Hall–Kier alpha value is -2.60. The topological polar surface area (TPSA) is 72.5 Å². The molecule has 2 N–H and O–H groups in total. The zero-order chi connectivity index (χ0) is 18.1. The van der Waals surface area contributed by atoms with Crippen molar-refractivity contribution in [3.05, 3.63) is 54.4 Å². The average Bonchev–Trinajstić information content (AvgIpc) is 2.89. The summed E-state index contributed by atoms with van der Waals surface area (Å²) in [6, 6.07) is 10.6. The summed E-state index contributed by atoms with van der Waals surface area (Å²) in [4.78, 5) is 16.9. The van der Waals surface area contributed by atoms with E-state index in [0.717, 1.165) is 16.9 Å². The quantitative estimate of drug-likeness (QED) is 0.657. The monoisotopic (exact) mass is 341 g/mol. The summed E-state index contributed by atoms with van der Waals surface area (Å²) in [5, 5.41) is 6.59. The summed E-state index contributed by atoms with van der Waals surface area (Å²) < 4.78 is 11.5. The van der Waals surface area contributed by atoms with Crippen LogP contribution in [-0.2, 0) is 20.0 Å². The van der Waals surface area contributed by atoms with Gasteiger partial charge in [-0.3, -0.25) is 4.98 Å². The standard InChI is InChI=1S/C19H23N3O3/c1-18(2,3)25-17(23)16-19(24-4,22-13-9-11-20-12-10-13)14-7-5-6-8-15(14)21-16/h5-12,16,21H,1-4H3,(H,20,22).